The molecule has 2 atom stereocenters. The summed E-state index contributed by atoms with van der Waals surface area (Å²) in [6.45, 7) is 0.736. The van der Waals surface area contributed by atoms with Crippen LogP contribution in [0.4, 0.5) is 5.69 Å². The first-order valence-corrected chi connectivity index (χ1v) is 11.1. The summed E-state index contributed by atoms with van der Waals surface area (Å²) in [5.41, 5.74) is 12.4. The maximum Gasteiger partial charge on any atom is 0.322 e. The summed E-state index contributed by atoms with van der Waals surface area (Å²) in [4.78, 5) is 56.9. The van der Waals surface area contributed by atoms with Crippen LogP contribution in [0.3, 0.4) is 0 Å². The van der Waals surface area contributed by atoms with Crippen molar-refractivity contribution < 1.29 is 34.2 Å². The summed E-state index contributed by atoms with van der Waals surface area (Å²) in [6.07, 6.45) is 1.01. The van der Waals surface area contributed by atoms with Crippen LogP contribution in [0.2, 0.25) is 0 Å². The second-order valence-electron chi connectivity index (χ2n) is 7.01. The van der Waals surface area contributed by atoms with Crippen molar-refractivity contribution in [1.29, 1.82) is 0 Å². The maximum atomic E-state index is 12.3. The monoisotopic (exact) mass is 509 g/mol. The fraction of sp³-hybridized carbons (Fsp3) is 0.350. The third kappa shape index (κ3) is 12.7. The third-order valence-electron chi connectivity index (χ3n) is 4.06. The number of rotatable bonds is 13. The molecule has 15 heteroatoms. The van der Waals surface area contributed by atoms with Crippen LogP contribution in [0, 0.1) is 0 Å². The highest BCUT2D eigenvalue weighted by Gasteiger charge is 2.23. The average molecular weight is 510 g/mol. The molecule has 0 radical (unpaired) electrons. The van der Waals surface area contributed by atoms with Crippen molar-refractivity contribution in [3.8, 4) is 0 Å². The average Bonchev–Trinajstić information content (AvgIpc) is 2.79. The minimum absolute atomic E-state index is 0.0331. The molecule has 9 N–H and O–H groups in total. The van der Waals surface area contributed by atoms with Gasteiger partial charge in [0.1, 0.15) is 18.6 Å². The van der Waals surface area contributed by atoms with Gasteiger partial charge in [0, 0.05) is 24.8 Å². The molecule has 1 aromatic carbocycles. The van der Waals surface area contributed by atoms with E-state index in [0.717, 1.165) is 11.8 Å². The number of benzene rings is 1. The number of amides is 3. The Bertz CT molecular complexity index is 983. The van der Waals surface area contributed by atoms with Gasteiger partial charge in [0.05, 0.1) is 6.21 Å². The maximum absolute atomic E-state index is 12.3. The number of carbonyl (C=O) groups is 5. The number of aliphatic carboxylic acids is 2. The lowest BCUT2D eigenvalue weighted by molar-refractivity contribution is -0.139. The molecule has 3 amide bonds. The molecule has 0 bridgehead atoms. The molecule has 1 rings (SSSR count). The van der Waals surface area contributed by atoms with Gasteiger partial charge in [-0.25, -0.2) is 0 Å². The summed E-state index contributed by atoms with van der Waals surface area (Å²) in [5, 5.41) is 32.3. The molecule has 0 aliphatic carbocycles. The van der Waals surface area contributed by atoms with Crippen LogP contribution in [0.1, 0.15) is 25.3 Å². The van der Waals surface area contributed by atoms with E-state index in [1.54, 1.807) is 24.3 Å². The Morgan fingerprint density at radius 1 is 1.14 bits per heavy atom. The molecule has 0 spiro atoms. The SMILES string of the molecule is CC(=O)Nc1ccc(/C=N/N=C(/N)SC[C@H](NC(=O)CC[C@H](N)C(=O)O)C(=O)NCC(=O)O)cc1. The van der Waals surface area contributed by atoms with Crippen LogP contribution in [-0.4, -0.2) is 75.6 Å². The molecular weight excluding hydrogens is 482 g/mol. The molecular formula is C20H27N7O7S. The van der Waals surface area contributed by atoms with Crippen molar-refractivity contribution in [2.75, 3.05) is 17.6 Å². The second kappa shape index (κ2) is 15.0. The molecule has 190 valence electrons. The van der Waals surface area contributed by atoms with Gasteiger partial charge < -0.3 is 37.6 Å². The van der Waals surface area contributed by atoms with Crippen molar-refractivity contribution in [3.63, 3.8) is 0 Å². The Hall–Kier alpha value is -3.98. The number of thioether (sulfide) groups is 1. The zero-order chi connectivity index (χ0) is 26.4. The highest BCUT2D eigenvalue weighted by molar-refractivity contribution is 8.13. The molecule has 0 saturated heterocycles. The zero-order valence-corrected chi connectivity index (χ0v) is 19.6. The molecule has 0 aliphatic heterocycles. The molecule has 14 nitrogen and oxygen atoms in total. The van der Waals surface area contributed by atoms with E-state index in [1.807, 2.05) is 0 Å². The molecule has 0 heterocycles. The van der Waals surface area contributed by atoms with Crippen LogP contribution in [0.25, 0.3) is 0 Å². The molecule has 0 aliphatic rings. The van der Waals surface area contributed by atoms with Crippen molar-refractivity contribution in [3.05, 3.63) is 29.8 Å². The molecule has 0 saturated carbocycles. The Balaban J connectivity index is 2.71. The van der Waals surface area contributed by atoms with Gasteiger partial charge in [-0.2, -0.15) is 5.10 Å². The van der Waals surface area contributed by atoms with E-state index in [4.69, 9.17) is 21.7 Å². The number of anilines is 1. The number of amidine groups is 1. The Kier molecular flexibility index (Phi) is 12.5. The number of nitrogens with two attached hydrogens (primary N) is 2. The number of carbonyl (C=O) groups excluding carboxylic acids is 3. The second-order valence-corrected chi connectivity index (χ2v) is 8.05. The summed E-state index contributed by atoms with van der Waals surface area (Å²) in [7, 11) is 0. The van der Waals surface area contributed by atoms with E-state index in [9.17, 15) is 24.0 Å². The number of carboxylic acids is 2. The van der Waals surface area contributed by atoms with Crippen LogP contribution in [0.5, 0.6) is 0 Å². The summed E-state index contributed by atoms with van der Waals surface area (Å²) in [5.74, 6) is -4.25. The lowest BCUT2D eigenvalue weighted by Gasteiger charge is -2.17. The van der Waals surface area contributed by atoms with E-state index >= 15 is 0 Å². The lowest BCUT2D eigenvalue weighted by Crippen LogP contribution is -2.49. The normalized spacial score (nSPS) is 13.0. The van der Waals surface area contributed by atoms with Gasteiger partial charge in [0.25, 0.3) is 0 Å². The van der Waals surface area contributed by atoms with Gasteiger partial charge in [-0.1, -0.05) is 23.9 Å². The van der Waals surface area contributed by atoms with Gasteiger partial charge in [-0.05, 0) is 24.1 Å². The molecule has 0 aromatic heterocycles. The van der Waals surface area contributed by atoms with Crippen molar-refractivity contribution in [1.82, 2.24) is 10.6 Å². The van der Waals surface area contributed by atoms with Gasteiger partial charge in [0.15, 0.2) is 5.17 Å². The standard InChI is InChI=1S/C20H27N7O7S/c1-11(28)25-13-4-2-12(3-5-13)8-24-27-20(22)35-10-15(18(32)23-9-17(30)31)26-16(29)7-6-14(21)19(33)34/h2-5,8,14-15H,6-7,9-10,21H2,1H3,(H2,22,27)(H,23,32)(H,25,28)(H,26,29)(H,30,31)(H,33,34)/b24-8+/t14-,15-/m0/s1. The smallest absolute Gasteiger partial charge is 0.322 e. The fourth-order valence-electron chi connectivity index (χ4n) is 2.35. The van der Waals surface area contributed by atoms with Crippen LogP contribution in [-0.2, 0) is 24.0 Å². The van der Waals surface area contributed by atoms with E-state index in [1.165, 1.54) is 13.1 Å². The fourth-order valence-corrected chi connectivity index (χ4v) is 3.03. The van der Waals surface area contributed by atoms with Crippen LogP contribution in [0.15, 0.2) is 34.5 Å². The topological polar surface area (TPSA) is 239 Å². The highest BCUT2D eigenvalue weighted by Crippen LogP contribution is 2.09. The van der Waals surface area contributed by atoms with Crippen molar-refractivity contribution >= 4 is 58.5 Å². The summed E-state index contributed by atoms with van der Waals surface area (Å²) >= 11 is 0.888. The summed E-state index contributed by atoms with van der Waals surface area (Å²) in [6, 6.07) is 4.33. The van der Waals surface area contributed by atoms with E-state index < -0.39 is 42.4 Å². The van der Waals surface area contributed by atoms with Crippen molar-refractivity contribution in [2.24, 2.45) is 21.7 Å². The van der Waals surface area contributed by atoms with Crippen LogP contribution >= 0.6 is 11.8 Å². The number of nitrogens with one attached hydrogen (secondary N) is 3. The number of hydrogen-bond donors (Lipinski definition) is 7. The Morgan fingerprint density at radius 3 is 2.37 bits per heavy atom. The van der Waals surface area contributed by atoms with Crippen LogP contribution < -0.4 is 27.4 Å². The van der Waals surface area contributed by atoms with E-state index in [-0.39, 0.29) is 29.7 Å². The van der Waals surface area contributed by atoms with E-state index in [2.05, 4.69) is 26.2 Å². The largest absolute Gasteiger partial charge is 0.480 e. The minimum atomic E-state index is -1.27. The van der Waals surface area contributed by atoms with Gasteiger partial charge in [-0.15, -0.1) is 5.10 Å². The number of carboxylic acid groups (broad SMARTS) is 2. The Morgan fingerprint density at radius 2 is 1.80 bits per heavy atom. The molecule has 0 unspecified atom stereocenters. The Labute approximate surface area is 204 Å². The molecule has 35 heavy (non-hydrogen) atoms. The molecule has 0 fully saturated rings. The molecule has 1 aromatic rings. The minimum Gasteiger partial charge on any atom is -0.480 e. The highest BCUT2D eigenvalue weighted by atomic mass is 32.2. The van der Waals surface area contributed by atoms with Gasteiger partial charge in [0.2, 0.25) is 17.7 Å². The first-order valence-electron chi connectivity index (χ1n) is 10.1. The number of hydrogen-bond acceptors (Lipinski definition) is 9. The summed E-state index contributed by atoms with van der Waals surface area (Å²) < 4.78 is 0. The quantitative estimate of drug-likeness (QED) is 0.0962. The van der Waals surface area contributed by atoms with Crippen molar-refractivity contribution in [2.45, 2.75) is 31.8 Å². The first kappa shape index (κ1) is 29.1. The first-order chi connectivity index (χ1) is 16.5. The van der Waals surface area contributed by atoms with E-state index in [0.29, 0.717) is 11.3 Å². The zero-order valence-electron chi connectivity index (χ0n) is 18.8. The van der Waals surface area contributed by atoms with Gasteiger partial charge >= 0.3 is 11.9 Å². The predicted molar refractivity (Wildman–Crippen MR) is 130 cm³/mol. The van der Waals surface area contributed by atoms with Gasteiger partial charge in [-0.3, -0.25) is 24.0 Å². The third-order valence-corrected chi connectivity index (χ3v) is 4.93. The lowest BCUT2D eigenvalue weighted by atomic mass is 10.1. The predicted octanol–water partition coefficient (Wildman–Crippen LogP) is -1.10. The number of nitrogens with zero attached hydrogens (tertiary/aromatic N) is 2.